The van der Waals surface area contributed by atoms with Gasteiger partial charge in [-0.25, -0.2) is 0 Å². The van der Waals surface area contributed by atoms with E-state index in [0.717, 1.165) is 71.6 Å². The Bertz CT molecular complexity index is 878. The summed E-state index contributed by atoms with van der Waals surface area (Å²) in [6.07, 6.45) is 11.8. The van der Waals surface area contributed by atoms with E-state index in [2.05, 4.69) is 34.4 Å². The number of rotatable bonds is 8. The van der Waals surface area contributed by atoms with Gasteiger partial charge in [-0.3, -0.25) is 0 Å². The number of fused-ring (bicyclic) bond motifs is 1. The van der Waals surface area contributed by atoms with Crippen LogP contribution in [0, 0.1) is 24.7 Å². The number of benzene rings is 1. The molecule has 34 heavy (non-hydrogen) atoms. The Hall–Kier alpha value is -1.63. The fourth-order valence-corrected chi connectivity index (χ4v) is 5.49. The Balaban J connectivity index is 0.000000868. The van der Waals surface area contributed by atoms with Crippen molar-refractivity contribution in [2.24, 2.45) is 17.8 Å². The summed E-state index contributed by atoms with van der Waals surface area (Å²) in [7, 11) is 3.75. The zero-order chi connectivity index (χ0) is 23.9. The summed E-state index contributed by atoms with van der Waals surface area (Å²) >= 11 is 0. The highest BCUT2D eigenvalue weighted by Crippen LogP contribution is 2.34. The predicted octanol–water partition coefficient (Wildman–Crippen LogP) is 4.96. The maximum atomic E-state index is 9.71. The summed E-state index contributed by atoms with van der Waals surface area (Å²) in [5, 5.41) is 18.1. The van der Waals surface area contributed by atoms with E-state index in [-0.39, 0.29) is 6.10 Å². The molecule has 0 bridgehead atoms. The maximum absolute atomic E-state index is 9.71. The van der Waals surface area contributed by atoms with Gasteiger partial charge in [-0.05, 0) is 128 Å². The summed E-state index contributed by atoms with van der Waals surface area (Å²) < 4.78 is 11.7. The lowest BCUT2D eigenvalue weighted by Crippen LogP contribution is -2.38. The molecule has 2 heterocycles. The first-order valence-corrected chi connectivity index (χ1v) is 13.6. The van der Waals surface area contributed by atoms with Crippen LogP contribution in [0.4, 0.5) is 0 Å². The van der Waals surface area contributed by atoms with Gasteiger partial charge in [0.05, 0.1) is 18.4 Å². The average molecular weight is 472 g/mol. The largest absolute Gasteiger partial charge is 0.493 e. The first-order valence-electron chi connectivity index (χ1n) is 13.6. The molecule has 0 unspecified atom stereocenters. The summed E-state index contributed by atoms with van der Waals surface area (Å²) in [4.78, 5) is 2.66. The van der Waals surface area contributed by atoms with Crippen molar-refractivity contribution < 1.29 is 14.4 Å². The number of aliphatic hydroxyl groups excluding tert-OH is 1. The average Bonchev–Trinajstić information content (AvgIpc) is 3.58. The number of hydrogen-bond acceptors (Lipinski definition) is 6. The summed E-state index contributed by atoms with van der Waals surface area (Å²) in [5.41, 5.74) is 3.09. The molecule has 190 valence electrons. The topological polar surface area (TPSA) is 70.8 Å². The van der Waals surface area contributed by atoms with Gasteiger partial charge in [0, 0.05) is 17.5 Å². The molecule has 6 nitrogen and oxygen atoms in total. The zero-order valence-electron chi connectivity index (χ0n) is 21.5. The highest BCUT2D eigenvalue weighted by molar-refractivity contribution is 5.84. The van der Waals surface area contributed by atoms with Crippen molar-refractivity contribution in [1.82, 2.24) is 15.4 Å². The monoisotopic (exact) mass is 471 g/mol. The van der Waals surface area contributed by atoms with E-state index in [4.69, 9.17) is 9.26 Å². The number of aromatic nitrogens is 1. The lowest BCUT2D eigenvalue weighted by molar-refractivity contribution is 0.0842. The fraction of sp³-hybridized carbons (Fsp3) is 0.750. The van der Waals surface area contributed by atoms with E-state index < -0.39 is 0 Å². The number of hydrogen-bond donors (Lipinski definition) is 2. The maximum Gasteiger partial charge on any atom is 0.173 e. The number of nitrogens with one attached hydrogen (secondary N) is 1. The smallest absolute Gasteiger partial charge is 0.173 e. The van der Waals surface area contributed by atoms with Crippen molar-refractivity contribution in [3.63, 3.8) is 0 Å². The van der Waals surface area contributed by atoms with Crippen LogP contribution >= 0.6 is 0 Å². The SMILES string of the molecule is CNC.Cc1c(OCC2CC2)ccc2c(CCC3CCN(CC4CCC(O)CC4)CC3)noc12. The van der Waals surface area contributed by atoms with Crippen LogP contribution in [-0.4, -0.2) is 61.6 Å². The van der Waals surface area contributed by atoms with Crippen molar-refractivity contribution >= 4 is 11.0 Å². The van der Waals surface area contributed by atoms with Gasteiger partial charge in [0.2, 0.25) is 0 Å². The van der Waals surface area contributed by atoms with Crippen molar-refractivity contribution in [2.45, 2.75) is 77.2 Å². The normalized spacial score (nSPS) is 24.1. The Labute approximate surface area is 205 Å². The molecule has 1 aromatic heterocycles. The molecule has 0 atom stereocenters. The molecule has 0 amide bonds. The van der Waals surface area contributed by atoms with Crippen molar-refractivity contribution in [1.29, 1.82) is 0 Å². The van der Waals surface area contributed by atoms with Crippen LogP contribution in [0.3, 0.4) is 0 Å². The number of nitrogens with zero attached hydrogens (tertiary/aromatic N) is 2. The van der Waals surface area contributed by atoms with Crippen LogP contribution in [0.25, 0.3) is 11.0 Å². The van der Waals surface area contributed by atoms with E-state index in [9.17, 15) is 5.11 Å². The molecule has 3 fully saturated rings. The summed E-state index contributed by atoms with van der Waals surface area (Å²) in [6.45, 7) is 6.60. The third-order valence-electron chi connectivity index (χ3n) is 7.91. The Morgan fingerprint density at radius 2 is 1.68 bits per heavy atom. The number of piperidine rings is 1. The summed E-state index contributed by atoms with van der Waals surface area (Å²) in [6, 6.07) is 4.24. The summed E-state index contributed by atoms with van der Waals surface area (Å²) in [5.74, 6) is 3.28. The standard InChI is InChI=1S/C26H38N2O3.C2H7N/c1-18-25(30-17-21-2-3-21)11-9-23-24(27-31-26(18)23)10-6-19-12-14-28(15-13-19)16-20-4-7-22(29)8-5-20;1-3-2/h9,11,19-22,29H,2-8,10,12-17H2,1H3;3H,1-2H3. The van der Waals surface area contributed by atoms with Gasteiger partial charge in [-0.1, -0.05) is 5.16 Å². The molecule has 2 N–H and O–H groups in total. The number of likely N-dealkylation sites (tertiary alicyclic amines) is 1. The van der Waals surface area contributed by atoms with Crippen LogP contribution in [0.2, 0.25) is 0 Å². The molecule has 1 aliphatic heterocycles. The first kappa shape index (κ1) is 25.5. The molecule has 1 saturated heterocycles. The zero-order valence-corrected chi connectivity index (χ0v) is 21.5. The van der Waals surface area contributed by atoms with Crippen LogP contribution in [0.15, 0.2) is 16.7 Å². The molecule has 2 aliphatic carbocycles. The Morgan fingerprint density at radius 3 is 2.35 bits per heavy atom. The minimum Gasteiger partial charge on any atom is -0.493 e. The Kier molecular flexibility index (Phi) is 9.26. The lowest BCUT2D eigenvalue weighted by atomic mass is 9.86. The highest BCUT2D eigenvalue weighted by atomic mass is 16.5. The number of aryl methyl sites for hydroxylation is 2. The van der Waals surface area contributed by atoms with Gasteiger partial charge in [-0.15, -0.1) is 0 Å². The molecule has 3 aliphatic rings. The quantitative estimate of drug-likeness (QED) is 0.567. The van der Waals surface area contributed by atoms with E-state index in [1.54, 1.807) is 0 Å². The van der Waals surface area contributed by atoms with Crippen molar-refractivity contribution in [3.8, 4) is 5.75 Å². The van der Waals surface area contributed by atoms with E-state index >= 15 is 0 Å². The molecule has 6 heteroatoms. The molecule has 0 radical (unpaired) electrons. The number of aliphatic hydroxyl groups is 1. The van der Waals surface area contributed by atoms with Crippen LogP contribution in [0.1, 0.15) is 69.0 Å². The minimum absolute atomic E-state index is 0.0414. The van der Waals surface area contributed by atoms with E-state index in [1.807, 2.05) is 14.1 Å². The van der Waals surface area contributed by atoms with Crippen molar-refractivity contribution in [3.05, 3.63) is 23.4 Å². The second-order valence-electron chi connectivity index (χ2n) is 10.9. The fourth-order valence-electron chi connectivity index (χ4n) is 5.49. The van der Waals surface area contributed by atoms with Crippen molar-refractivity contribution in [2.75, 3.05) is 40.3 Å². The van der Waals surface area contributed by atoms with Gasteiger partial charge in [0.1, 0.15) is 5.75 Å². The molecule has 0 spiro atoms. The number of ether oxygens (including phenoxy) is 1. The van der Waals surface area contributed by atoms with E-state index in [0.29, 0.717) is 0 Å². The molecule has 2 saturated carbocycles. The molecular weight excluding hydrogens is 426 g/mol. The highest BCUT2D eigenvalue weighted by Gasteiger charge is 2.26. The molecule has 5 rings (SSSR count). The van der Waals surface area contributed by atoms with Gasteiger partial charge >= 0.3 is 0 Å². The lowest BCUT2D eigenvalue weighted by Gasteiger charge is -2.36. The predicted molar refractivity (Wildman–Crippen MR) is 137 cm³/mol. The van der Waals surface area contributed by atoms with Gasteiger partial charge in [0.25, 0.3) is 0 Å². The molecule has 2 aromatic rings. The van der Waals surface area contributed by atoms with Crippen LogP contribution in [-0.2, 0) is 6.42 Å². The second-order valence-corrected chi connectivity index (χ2v) is 10.9. The van der Waals surface area contributed by atoms with Crippen LogP contribution in [0.5, 0.6) is 5.75 Å². The van der Waals surface area contributed by atoms with Gasteiger partial charge < -0.3 is 24.6 Å². The molecule has 1 aromatic carbocycles. The first-order chi connectivity index (χ1) is 16.6. The minimum atomic E-state index is -0.0414. The third-order valence-corrected chi connectivity index (χ3v) is 7.91. The van der Waals surface area contributed by atoms with Crippen LogP contribution < -0.4 is 10.1 Å². The third kappa shape index (κ3) is 6.96. The second kappa shape index (κ2) is 12.4. The van der Waals surface area contributed by atoms with Gasteiger partial charge in [-0.2, -0.15) is 0 Å². The van der Waals surface area contributed by atoms with E-state index in [1.165, 1.54) is 64.6 Å². The Morgan fingerprint density at radius 1 is 1.00 bits per heavy atom. The van der Waals surface area contributed by atoms with Gasteiger partial charge in [0.15, 0.2) is 5.58 Å². The molecular formula is C28H45N3O3.